The van der Waals surface area contributed by atoms with Gasteiger partial charge in [0.1, 0.15) is 13.2 Å². The summed E-state index contributed by atoms with van der Waals surface area (Å²) in [5, 5.41) is 11.8. The summed E-state index contributed by atoms with van der Waals surface area (Å²) in [7, 11) is -3.90. The summed E-state index contributed by atoms with van der Waals surface area (Å²) in [5.41, 5.74) is -0.758. The van der Waals surface area contributed by atoms with Crippen molar-refractivity contribution in [3.05, 3.63) is 39.9 Å². The number of sulfonamides is 1. The zero-order valence-electron chi connectivity index (χ0n) is 14.8. The van der Waals surface area contributed by atoms with Crippen molar-refractivity contribution in [1.82, 2.24) is 4.72 Å². The molecule has 2 rings (SSSR count). The molecule has 1 aromatic rings. The van der Waals surface area contributed by atoms with Crippen LogP contribution in [0.3, 0.4) is 0 Å². The minimum atomic E-state index is -3.90. The third kappa shape index (κ3) is 4.17. The van der Waals surface area contributed by atoms with E-state index in [0.717, 1.165) is 5.56 Å². The van der Waals surface area contributed by atoms with Crippen LogP contribution < -0.4 is 4.72 Å². The topological polar surface area (TPSA) is 108 Å². The van der Waals surface area contributed by atoms with Gasteiger partial charge in [-0.25, -0.2) is 13.1 Å². The molecule has 1 aliphatic rings. The molecule has 140 valence electrons. The molecule has 1 aliphatic heterocycles. The number of aryl methyl sites for hydroxylation is 1. The summed E-state index contributed by atoms with van der Waals surface area (Å²) in [5.74, 6) is -0.937. The van der Waals surface area contributed by atoms with Crippen LogP contribution in [0, 0.1) is 17.0 Å². The van der Waals surface area contributed by atoms with Crippen LogP contribution >= 0.6 is 0 Å². The Bertz CT molecular complexity index is 719. The van der Waals surface area contributed by atoms with Crippen molar-refractivity contribution < 1.29 is 22.8 Å². The molecule has 0 saturated carbocycles. The van der Waals surface area contributed by atoms with Crippen molar-refractivity contribution in [2.24, 2.45) is 0 Å². The fourth-order valence-electron chi connectivity index (χ4n) is 2.66. The van der Waals surface area contributed by atoms with Gasteiger partial charge in [0.15, 0.2) is 5.79 Å². The van der Waals surface area contributed by atoms with E-state index in [2.05, 4.69) is 4.72 Å². The van der Waals surface area contributed by atoms with E-state index in [1.165, 1.54) is 12.1 Å². The number of ether oxygens (including phenoxy) is 2. The molecule has 1 heterocycles. The number of nitrogens with one attached hydrogen (secondary N) is 1. The van der Waals surface area contributed by atoms with E-state index >= 15 is 0 Å². The molecule has 1 unspecified atom stereocenters. The molecule has 0 radical (unpaired) electrons. The van der Waals surface area contributed by atoms with Gasteiger partial charge in [-0.05, 0) is 39.3 Å². The normalized spacial score (nSPS) is 20.8. The summed E-state index contributed by atoms with van der Waals surface area (Å²) in [6.07, 6.45) is 0.221. The van der Waals surface area contributed by atoms with Gasteiger partial charge in [-0.3, -0.25) is 10.1 Å². The average molecular weight is 372 g/mol. The van der Waals surface area contributed by atoms with Gasteiger partial charge in [0.2, 0.25) is 10.0 Å². The summed E-state index contributed by atoms with van der Waals surface area (Å²) >= 11 is 0. The highest BCUT2D eigenvalue weighted by Gasteiger charge is 2.56. The monoisotopic (exact) mass is 372 g/mol. The number of rotatable bonds is 6. The molecule has 9 heteroatoms. The van der Waals surface area contributed by atoms with E-state index in [1.54, 1.807) is 32.9 Å². The zero-order valence-corrected chi connectivity index (χ0v) is 15.6. The Hall–Kier alpha value is -1.55. The highest BCUT2D eigenvalue weighted by atomic mass is 32.2. The maximum Gasteiger partial charge on any atom is 0.284 e. The van der Waals surface area contributed by atoms with E-state index in [9.17, 15) is 18.5 Å². The third-order valence-electron chi connectivity index (χ3n) is 4.39. The number of benzene rings is 1. The molecule has 1 aromatic carbocycles. The number of hydrogen-bond acceptors (Lipinski definition) is 6. The molecule has 0 amide bonds. The van der Waals surface area contributed by atoms with Crippen molar-refractivity contribution in [3.8, 4) is 0 Å². The average Bonchev–Trinajstić information content (AvgIpc) is 2.53. The fraction of sp³-hybridized carbons (Fsp3) is 0.625. The van der Waals surface area contributed by atoms with E-state index in [1.807, 2.05) is 6.92 Å². The highest BCUT2D eigenvalue weighted by molar-refractivity contribution is 7.89. The highest BCUT2D eigenvalue weighted by Crippen LogP contribution is 2.30. The van der Waals surface area contributed by atoms with Crippen LogP contribution in [0.1, 0.15) is 32.8 Å². The van der Waals surface area contributed by atoms with Gasteiger partial charge in [0.05, 0.1) is 10.9 Å². The number of nitrogens with zero attached hydrogens (tertiary/aromatic N) is 1. The molecule has 1 atom stereocenters. The van der Waals surface area contributed by atoms with Crippen molar-refractivity contribution in [2.45, 2.75) is 56.4 Å². The van der Waals surface area contributed by atoms with Crippen LogP contribution in [0.15, 0.2) is 29.2 Å². The third-order valence-corrected chi connectivity index (χ3v) is 5.88. The van der Waals surface area contributed by atoms with Crippen molar-refractivity contribution >= 4 is 10.0 Å². The van der Waals surface area contributed by atoms with Crippen LogP contribution in [0.4, 0.5) is 0 Å². The number of nitro groups is 1. The van der Waals surface area contributed by atoms with Crippen LogP contribution in [0.25, 0.3) is 0 Å². The lowest BCUT2D eigenvalue weighted by atomic mass is 9.90. The summed E-state index contributed by atoms with van der Waals surface area (Å²) in [6.45, 7) is 6.39. The van der Waals surface area contributed by atoms with Gasteiger partial charge in [0, 0.05) is 4.92 Å². The first kappa shape index (κ1) is 19.8. The first-order valence-electron chi connectivity index (χ1n) is 8.04. The van der Waals surface area contributed by atoms with E-state index < -0.39 is 32.3 Å². The lowest BCUT2D eigenvalue weighted by Gasteiger charge is -2.41. The first-order valence-corrected chi connectivity index (χ1v) is 9.52. The fourth-order valence-corrected chi connectivity index (χ4v) is 4.05. The molecule has 1 fully saturated rings. The van der Waals surface area contributed by atoms with Gasteiger partial charge in [-0.2, -0.15) is 0 Å². The Kier molecular flexibility index (Phi) is 5.53. The predicted molar refractivity (Wildman–Crippen MR) is 91.3 cm³/mol. The Labute approximate surface area is 147 Å². The smallest absolute Gasteiger partial charge is 0.284 e. The maximum absolute atomic E-state index is 12.6. The maximum atomic E-state index is 12.6. The molecule has 25 heavy (non-hydrogen) atoms. The van der Waals surface area contributed by atoms with Gasteiger partial charge in [-0.15, -0.1) is 0 Å². The predicted octanol–water partition coefficient (Wildman–Crippen LogP) is 1.85. The molecule has 8 nitrogen and oxygen atoms in total. The van der Waals surface area contributed by atoms with Crippen LogP contribution in [-0.4, -0.2) is 43.9 Å². The molecule has 0 spiro atoms. The lowest BCUT2D eigenvalue weighted by Crippen LogP contribution is -2.66. The van der Waals surface area contributed by atoms with Gasteiger partial charge in [-0.1, -0.05) is 24.6 Å². The molecular formula is C16H24N2O6S. The SMILES string of the molecule is CCC(NS(=O)(=O)c1ccc(C)cc1)C1([N+](=O)[O-])COC(C)(C)OC1. The molecular weight excluding hydrogens is 348 g/mol. The first-order chi connectivity index (χ1) is 11.5. The van der Waals surface area contributed by atoms with Crippen molar-refractivity contribution in [2.75, 3.05) is 13.2 Å². The summed E-state index contributed by atoms with van der Waals surface area (Å²) in [6, 6.07) is 5.33. The van der Waals surface area contributed by atoms with E-state index in [-0.39, 0.29) is 24.5 Å². The van der Waals surface area contributed by atoms with Crippen molar-refractivity contribution in [3.63, 3.8) is 0 Å². The molecule has 1 N–H and O–H groups in total. The summed E-state index contributed by atoms with van der Waals surface area (Å²) < 4.78 is 38.7. The Morgan fingerprint density at radius 3 is 2.20 bits per heavy atom. The summed E-state index contributed by atoms with van der Waals surface area (Å²) in [4.78, 5) is 11.3. The van der Waals surface area contributed by atoms with E-state index in [4.69, 9.17) is 9.47 Å². The second kappa shape index (κ2) is 6.99. The Balaban J connectivity index is 2.30. The second-order valence-electron chi connectivity index (χ2n) is 6.73. The standard InChI is InChI=1S/C16H24N2O6S/c1-5-14(16(18(19)20)10-23-15(3,4)24-11-16)17-25(21,22)13-8-6-12(2)7-9-13/h6-9,14,17H,5,10-11H2,1-4H3. The quantitative estimate of drug-likeness (QED) is 0.603. The van der Waals surface area contributed by atoms with Gasteiger partial charge >= 0.3 is 0 Å². The molecule has 0 aromatic heterocycles. The minimum Gasteiger partial charge on any atom is -0.343 e. The van der Waals surface area contributed by atoms with Crippen LogP contribution in [-0.2, 0) is 19.5 Å². The van der Waals surface area contributed by atoms with Gasteiger partial charge < -0.3 is 9.47 Å². The molecule has 0 aliphatic carbocycles. The minimum absolute atomic E-state index is 0.0630. The second-order valence-corrected chi connectivity index (χ2v) is 8.45. The van der Waals surface area contributed by atoms with Crippen molar-refractivity contribution in [1.29, 1.82) is 0 Å². The largest absolute Gasteiger partial charge is 0.343 e. The number of hydrogen-bond donors (Lipinski definition) is 1. The van der Waals surface area contributed by atoms with Crippen LogP contribution in [0.2, 0.25) is 0 Å². The Morgan fingerprint density at radius 2 is 1.76 bits per heavy atom. The molecule has 1 saturated heterocycles. The zero-order chi connectivity index (χ0) is 18.9. The van der Waals surface area contributed by atoms with Crippen LogP contribution in [0.5, 0.6) is 0 Å². The molecule has 0 bridgehead atoms. The Morgan fingerprint density at radius 1 is 1.24 bits per heavy atom. The van der Waals surface area contributed by atoms with Gasteiger partial charge in [0.25, 0.3) is 5.54 Å². The lowest BCUT2D eigenvalue weighted by molar-refractivity contribution is -0.599. The van der Waals surface area contributed by atoms with E-state index in [0.29, 0.717) is 0 Å².